The smallest absolute Gasteiger partial charge is 0.337 e. The van der Waals surface area contributed by atoms with Gasteiger partial charge < -0.3 is 20.3 Å². The van der Waals surface area contributed by atoms with Crippen molar-refractivity contribution in [3.63, 3.8) is 0 Å². The molecule has 0 aliphatic heterocycles. The van der Waals surface area contributed by atoms with E-state index in [0.717, 1.165) is 30.4 Å². The number of nitrogens with zero attached hydrogens (tertiary/aromatic N) is 1. The minimum absolute atomic E-state index is 0. The molecule has 0 radical (unpaired) electrons. The Bertz CT molecular complexity index is 1150. The maximum atomic E-state index is 11.3. The van der Waals surface area contributed by atoms with E-state index in [9.17, 15) is 15.0 Å². The van der Waals surface area contributed by atoms with E-state index in [0.29, 0.717) is 17.3 Å². The number of aromatic carboxylic acids is 1. The quantitative estimate of drug-likeness (QED) is 0.342. The van der Waals surface area contributed by atoms with Crippen LogP contribution in [-0.2, 0) is 12.8 Å². The van der Waals surface area contributed by atoms with Gasteiger partial charge in [0.25, 0.3) is 0 Å². The average Bonchev–Trinajstić information content (AvgIpc) is 2.78. The molecule has 1 aromatic heterocycles. The van der Waals surface area contributed by atoms with Crippen LogP contribution in [0.5, 0.6) is 11.6 Å². The lowest BCUT2D eigenvalue weighted by molar-refractivity contribution is 0.0696. The Kier molecular flexibility index (Phi) is 10.4. The average molecular weight is 546 g/mol. The van der Waals surface area contributed by atoms with E-state index in [2.05, 4.69) is 10.3 Å². The topological polar surface area (TPSA) is 91.7 Å². The zero-order valence-corrected chi connectivity index (χ0v) is 21.1. The van der Waals surface area contributed by atoms with Gasteiger partial charge >= 0.3 is 5.97 Å². The molecule has 0 bridgehead atoms. The Morgan fingerprint density at radius 3 is 2.68 bits per heavy atom. The molecule has 34 heavy (non-hydrogen) atoms. The number of carboxylic acid groups (broad SMARTS) is 1. The van der Waals surface area contributed by atoms with Gasteiger partial charge in [-0.15, -0.1) is 24.8 Å². The molecule has 1 aliphatic carbocycles. The van der Waals surface area contributed by atoms with Crippen molar-refractivity contribution in [2.45, 2.75) is 31.4 Å². The van der Waals surface area contributed by atoms with E-state index < -0.39 is 12.1 Å². The summed E-state index contributed by atoms with van der Waals surface area (Å²) in [4.78, 5) is 15.3. The second kappa shape index (κ2) is 12.6. The molecule has 0 saturated heterocycles. The van der Waals surface area contributed by atoms with Crippen LogP contribution in [0.1, 0.15) is 39.6 Å². The molecule has 2 atom stereocenters. The highest BCUT2D eigenvalue weighted by Gasteiger charge is 2.21. The molecule has 0 amide bonds. The van der Waals surface area contributed by atoms with E-state index in [1.165, 1.54) is 17.8 Å². The Morgan fingerprint density at radius 2 is 1.94 bits per heavy atom. The zero-order valence-electron chi connectivity index (χ0n) is 17.9. The van der Waals surface area contributed by atoms with Gasteiger partial charge in [0, 0.05) is 23.8 Å². The number of hydrogen-bond donors (Lipinski definition) is 3. The van der Waals surface area contributed by atoms with E-state index in [1.807, 2.05) is 30.3 Å². The number of rotatable bonds is 7. The van der Waals surface area contributed by atoms with E-state index in [-0.39, 0.29) is 47.3 Å². The first-order valence-electron chi connectivity index (χ1n) is 10.2. The van der Waals surface area contributed by atoms with Gasteiger partial charge in [0.2, 0.25) is 5.88 Å². The predicted molar refractivity (Wildman–Crippen MR) is 137 cm³/mol. The standard InChI is InChI=1S/C24H22Cl2N2O4.2ClH/c25-17-3-1-2-15(10-17)21(29)13-28-18-6-4-14-5-7-19(12-16(14)11-18)32-23-22(26)20(24(30)31)8-9-27-23;;/h1-3,5,7-10,12,18,21,28-29H,4,6,11,13H2,(H,30,31);2*1H/t18-,21+;;/m0../s1. The fourth-order valence-electron chi connectivity index (χ4n) is 3.85. The SMILES string of the molecule is Cl.Cl.O=C(O)c1ccnc(Oc2ccc3c(c2)C[C@@H](NC[C@@H](O)c2cccc(Cl)c2)CC3)c1Cl. The number of halogens is 4. The summed E-state index contributed by atoms with van der Waals surface area (Å²) in [6.07, 6.45) is 3.37. The van der Waals surface area contributed by atoms with Crippen LogP contribution in [0.15, 0.2) is 54.7 Å². The molecule has 6 nitrogen and oxygen atoms in total. The third kappa shape index (κ3) is 6.75. The number of aryl methyl sites for hydroxylation is 1. The number of fused-ring (bicyclic) bond motifs is 1. The molecule has 3 aromatic rings. The Hall–Kier alpha value is -2.06. The van der Waals surface area contributed by atoms with E-state index >= 15 is 0 Å². The molecule has 4 rings (SSSR count). The Labute approximate surface area is 220 Å². The second-order valence-corrected chi connectivity index (χ2v) is 8.55. The molecule has 2 aromatic carbocycles. The summed E-state index contributed by atoms with van der Waals surface area (Å²) < 4.78 is 5.79. The number of carboxylic acids is 1. The lowest BCUT2D eigenvalue weighted by Gasteiger charge is -2.27. The van der Waals surface area contributed by atoms with Crippen molar-refractivity contribution in [1.82, 2.24) is 10.3 Å². The Morgan fingerprint density at radius 1 is 1.15 bits per heavy atom. The lowest BCUT2D eigenvalue weighted by Crippen LogP contribution is -2.37. The van der Waals surface area contributed by atoms with Gasteiger partial charge in [-0.25, -0.2) is 9.78 Å². The summed E-state index contributed by atoms with van der Waals surface area (Å²) in [5.74, 6) is -0.538. The van der Waals surface area contributed by atoms with Gasteiger partial charge in [-0.05, 0) is 66.3 Å². The third-order valence-corrected chi connectivity index (χ3v) is 6.14. The van der Waals surface area contributed by atoms with Gasteiger partial charge in [-0.1, -0.05) is 41.4 Å². The first-order valence-corrected chi connectivity index (χ1v) is 11.0. The second-order valence-electron chi connectivity index (χ2n) is 7.73. The summed E-state index contributed by atoms with van der Waals surface area (Å²) in [5, 5.41) is 23.7. The van der Waals surface area contributed by atoms with Gasteiger partial charge in [-0.3, -0.25) is 0 Å². The van der Waals surface area contributed by atoms with Gasteiger partial charge in [0.15, 0.2) is 0 Å². The first-order chi connectivity index (χ1) is 15.4. The maximum Gasteiger partial charge on any atom is 0.337 e. The first kappa shape index (κ1) is 28.2. The summed E-state index contributed by atoms with van der Waals surface area (Å²) in [7, 11) is 0. The highest BCUT2D eigenvalue weighted by molar-refractivity contribution is 6.34. The van der Waals surface area contributed by atoms with E-state index in [4.69, 9.17) is 27.9 Å². The number of carbonyl (C=O) groups is 1. The Balaban J connectivity index is 0.00000204. The molecule has 1 aliphatic rings. The fourth-order valence-corrected chi connectivity index (χ4v) is 4.28. The number of aromatic nitrogens is 1. The molecule has 0 spiro atoms. The monoisotopic (exact) mass is 544 g/mol. The number of aliphatic hydroxyl groups is 1. The minimum atomic E-state index is -1.14. The number of aliphatic hydroxyl groups excluding tert-OH is 1. The van der Waals surface area contributed by atoms with Crippen molar-refractivity contribution in [2.75, 3.05) is 6.54 Å². The van der Waals surface area contributed by atoms with Crippen LogP contribution in [0.25, 0.3) is 0 Å². The summed E-state index contributed by atoms with van der Waals surface area (Å²) in [6.45, 7) is 0.429. The van der Waals surface area contributed by atoms with Crippen molar-refractivity contribution < 1.29 is 19.7 Å². The van der Waals surface area contributed by atoms with E-state index in [1.54, 1.807) is 12.1 Å². The molecule has 10 heteroatoms. The van der Waals surface area contributed by atoms with Crippen LogP contribution in [-0.4, -0.2) is 33.8 Å². The van der Waals surface area contributed by atoms with Gasteiger partial charge in [0.05, 0.1) is 11.7 Å². The fraction of sp³-hybridized carbons (Fsp3) is 0.250. The lowest BCUT2D eigenvalue weighted by atomic mass is 9.88. The van der Waals surface area contributed by atoms with Crippen LogP contribution >= 0.6 is 48.0 Å². The number of nitrogens with one attached hydrogen (secondary N) is 1. The van der Waals surface area contributed by atoms with Crippen LogP contribution in [0, 0.1) is 0 Å². The van der Waals surface area contributed by atoms with Crippen molar-refractivity contribution in [3.8, 4) is 11.6 Å². The molecule has 3 N–H and O–H groups in total. The molecule has 182 valence electrons. The van der Waals surface area contributed by atoms with Crippen LogP contribution in [0.2, 0.25) is 10.0 Å². The predicted octanol–water partition coefficient (Wildman–Crippen LogP) is 5.90. The van der Waals surface area contributed by atoms with Crippen molar-refractivity contribution in [2.24, 2.45) is 0 Å². The largest absolute Gasteiger partial charge is 0.478 e. The summed E-state index contributed by atoms with van der Waals surface area (Å²) in [5.41, 5.74) is 3.10. The number of hydrogen-bond acceptors (Lipinski definition) is 5. The highest BCUT2D eigenvalue weighted by atomic mass is 35.5. The molecular weight excluding hydrogens is 522 g/mol. The number of benzene rings is 2. The van der Waals surface area contributed by atoms with Crippen LogP contribution < -0.4 is 10.1 Å². The molecular formula is C24H24Cl4N2O4. The van der Waals surface area contributed by atoms with Gasteiger partial charge in [0.1, 0.15) is 10.8 Å². The normalized spacial score (nSPS) is 15.3. The number of pyridine rings is 1. The molecule has 0 saturated carbocycles. The number of ether oxygens (including phenoxy) is 1. The molecule has 0 fully saturated rings. The highest BCUT2D eigenvalue weighted by Crippen LogP contribution is 2.32. The molecule has 1 heterocycles. The maximum absolute atomic E-state index is 11.3. The summed E-state index contributed by atoms with van der Waals surface area (Å²) in [6, 6.07) is 14.6. The third-order valence-electron chi connectivity index (χ3n) is 5.54. The zero-order chi connectivity index (χ0) is 22.7. The van der Waals surface area contributed by atoms with Gasteiger partial charge in [-0.2, -0.15) is 0 Å². The minimum Gasteiger partial charge on any atom is -0.478 e. The van der Waals surface area contributed by atoms with Crippen molar-refractivity contribution in [1.29, 1.82) is 0 Å². The molecule has 0 unspecified atom stereocenters. The van der Waals surface area contributed by atoms with Crippen LogP contribution in [0.3, 0.4) is 0 Å². The van der Waals surface area contributed by atoms with Crippen LogP contribution in [0.4, 0.5) is 0 Å². The van der Waals surface area contributed by atoms with Crippen molar-refractivity contribution >= 4 is 54.0 Å². The van der Waals surface area contributed by atoms with Crippen molar-refractivity contribution in [3.05, 3.63) is 87.0 Å². The summed E-state index contributed by atoms with van der Waals surface area (Å²) >= 11 is 12.2.